The molecule has 0 bridgehead atoms. The van der Waals surface area contributed by atoms with Crippen molar-refractivity contribution >= 4 is 10.9 Å². The molecule has 0 radical (unpaired) electrons. The molecule has 1 atom stereocenters. The van der Waals surface area contributed by atoms with Crippen LogP contribution in [-0.2, 0) is 6.42 Å². The van der Waals surface area contributed by atoms with Gasteiger partial charge in [0.25, 0.3) is 0 Å². The van der Waals surface area contributed by atoms with Gasteiger partial charge in [-0.1, -0.05) is 6.07 Å². The molecule has 0 amide bonds. The normalized spacial score (nSPS) is 22.1. The van der Waals surface area contributed by atoms with E-state index in [-0.39, 0.29) is 18.8 Å². The Morgan fingerprint density at radius 3 is 2.77 bits per heavy atom. The van der Waals surface area contributed by atoms with E-state index in [0.29, 0.717) is 25.8 Å². The number of H-pyrrole nitrogens is 1. The number of aromatic amines is 1. The number of halogens is 2. The highest BCUT2D eigenvalue weighted by atomic mass is 19.1. The van der Waals surface area contributed by atoms with Crippen LogP contribution in [0.15, 0.2) is 36.5 Å². The minimum Gasteiger partial charge on any atom is -0.496 e. The zero-order valence-electron chi connectivity index (χ0n) is 20.1. The Labute approximate surface area is 204 Å². The first-order valence-corrected chi connectivity index (χ1v) is 12.6. The molecular weight excluding hydrogens is 450 g/mol. The van der Waals surface area contributed by atoms with Crippen molar-refractivity contribution in [1.29, 1.82) is 0 Å². The van der Waals surface area contributed by atoms with E-state index in [2.05, 4.69) is 38.2 Å². The van der Waals surface area contributed by atoms with Gasteiger partial charge in [-0.05, 0) is 55.0 Å². The number of aromatic nitrogens is 2. The first kappa shape index (κ1) is 22.7. The number of alkyl halides is 2. The van der Waals surface area contributed by atoms with Gasteiger partial charge < -0.3 is 9.47 Å². The van der Waals surface area contributed by atoms with E-state index >= 15 is 0 Å². The van der Waals surface area contributed by atoms with Crippen LogP contribution in [0.4, 0.5) is 8.78 Å². The molecule has 1 unspecified atom stereocenters. The number of nitrogens with zero attached hydrogens (tertiary/aromatic N) is 3. The zero-order valence-corrected chi connectivity index (χ0v) is 20.1. The molecule has 1 N–H and O–H groups in total. The summed E-state index contributed by atoms with van der Waals surface area (Å²) in [5.74, 6) is 1.51. The van der Waals surface area contributed by atoms with Gasteiger partial charge in [0.2, 0.25) is 0 Å². The van der Waals surface area contributed by atoms with Crippen LogP contribution in [0.3, 0.4) is 0 Å². The third-order valence-electron chi connectivity index (χ3n) is 7.69. The lowest BCUT2D eigenvalue weighted by atomic mass is 9.85. The molecular formula is C27H32F2N4O2. The Hall–Kier alpha value is -2.71. The molecule has 6 rings (SSSR count). The van der Waals surface area contributed by atoms with Gasteiger partial charge in [0.05, 0.1) is 31.5 Å². The van der Waals surface area contributed by atoms with Gasteiger partial charge in [-0.2, -0.15) is 5.10 Å². The summed E-state index contributed by atoms with van der Waals surface area (Å²) in [6.07, 6.45) is 4.70. The molecule has 2 aliphatic heterocycles. The second kappa shape index (κ2) is 9.06. The number of nitrogens with one attached hydrogen (secondary N) is 1. The van der Waals surface area contributed by atoms with Crippen LogP contribution in [0.25, 0.3) is 10.9 Å². The van der Waals surface area contributed by atoms with E-state index in [9.17, 15) is 8.78 Å². The third-order valence-corrected chi connectivity index (χ3v) is 7.69. The fourth-order valence-corrected chi connectivity index (χ4v) is 5.65. The first-order valence-electron chi connectivity index (χ1n) is 12.6. The van der Waals surface area contributed by atoms with Gasteiger partial charge in [-0.25, -0.2) is 4.39 Å². The molecule has 1 aromatic heterocycles. The summed E-state index contributed by atoms with van der Waals surface area (Å²) < 4.78 is 39.4. The SMILES string of the molecule is COc1cc(OC2CN(CCCF)C2)ccc1C1c2ccc3[nH]ncc3c2CCN1CC1(F)CC1. The van der Waals surface area contributed by atoms with Crippen LogP contribution in [0.2, 0.25) is 0 Å². The largest absolute Gasteiger partial charge is 0.496 e. The van der Waals surface area contributed by atoms with Crippen molar-refractivity contribution in [2.75, 3.05) is 46.5 Å². The predicted octanol–water partition coefficient (Wildman–Crippen LogP) is 4.44. The number of likely N-dealkylation sites (tertiary alicyclic amines) is 1. The molecule has 1 saturated heterocycles. The van der Waals surface area contributed by atoms with Gasteiger partial charge >= 0.3 is 0 Å². The van der Waals surface area contributed by atoms with Crippen molar-refractivity contribution in [3.05, 3.63) is 53.2 Å². The summed E-state index contributed by atoms with van der Waals surface area (Å²) in [5, 5.41) is 8.45. The number of fused-ring (bicyclic) bond motifs is 3. The average Bonchev–Trinajstić information content (AvgIpc) is 3.36. The Morgan fingerprint density at radius 2 is 2.00 bits per heavy atom. The van der Waals surface area contributed by atoms with E-state index in [1.807, 2.05) is 18.3 Å². The molecule has 0 spiro atoms. The maximum Gasteiger partial charge on any atom is 0.127 e. The second-order valence-electron chi connectivity index (χ2n) is 10.2. The quantitative estimate of drug-likeness (QED) is 0.489. The minimum absolute atomic E-state index is 0.102. The summed E-state index contributed by atoms with van der Waals surface area (Å²) in [6, 6.07) is 10.1. The molecule has 3 heterocycles. The van der Waals surface area contributed by atoms with Gasteiger partial charge in [-0.15, -0.1) is 0 Å². The van der Waals surface area contributed by atoms with Crippen LogP contribution >= 0.6 is 0 Å². The van der Waals surface area contributed by atoms with Crippen LogP contribution < -0.4 is 9.47 Å². The van der Waals surface area contributed by atoms with E-state index < -0.39 is 5.67 Å². The molecule has 6 nitrogen and oxygen atoms in total. The molecule has 3 aromatic rings. The standard InChI is InChI=1S/C27H32F2N4O2/c1-34-25-13-18(35-19-15-32(16-19)11-2-10-28)3-4-22(25)26-21-5-6-24-23(14-30-31-24)20(21)7-12-33(26)17-27(29)8-9-27/h3-6,13-14,19,26H,2,7-12,15-17H2,1H3,(H,30,31). The number of methoxy groups -OCH3 is 1. The Morgan fingerprint density at radius 1 is 1.17 bits per heavy atom. The summed E-state index contributed by atoms with van der Waals surface area (Å²) in [6.45, 7) is 3.33. The van der Waals surface area contributed by atoms with Crippen molar-refractivity contribution in [2.45, 2.75) is 43.5 Å². The van der Waals surface area contributed by atoms with E-state index in [1.54, 1.807) is 7.11 Å². The topological polar surface area (TPSA) is 53.6 Å². The maximum absolute atomic E-state index is 15.0. The van der Waals surface area contributed by atoms with Gasteiger partial charge in [-0.3, -0.25) is 19.3 Å². The number of hydrogen-bond donors (Lipinski definition) is 1. The third kappa shape index (κ3) is 4.38. The zero-order chi connectivity index (χ0) is 24.0. The van der Waals surface area contributed by atoms with Gasteiger partial charge in [0, 0.05) is 49.7 Å². The molecule has 2 aromatic carbocycles. The summed E-state index contributed by atoms with van der Waals surface area (Å²) in [7, 11) is 1.68. The lowest BCUT2D eigenvalue weighted by Crippen LogP contribution is -2.53. The fraction of sp³-hybridized carbons (Fsp3) is 0.519. The molecule has 3 aliphatic rings. The van der Waals surface area contributed by atoms with Crippen LogP contribution in [0.1, 0.15) is 42.0 Å². The van der Waals surface area contributed by atoms with Gasteiger partial charge in [0.1, 0.15) is 23.3 Å². The Kier molecular flexibility index (Phi) is 5.89. The van der Waals surface area contributed by atoms with Gasteiger partial charge in [0.15, 0.2) is 0 Å². The maximum atomic E-state index is 15.0. The fourth-order valence-electron chi connectivity index (χ4n) is 5.65. The molecule has 186 valence electrons. The van der Waals surface area contributed by atoms with Crippen LogP contribution in [0, 0.1) is 0 Å². The Bertz CT molecular complexity index is 1210. The number of benzene rings is 2. The highest BCUT2D eigenvalue weighted by molar-refractivity contribution is 5.83. The molecule has 1 aliphatic carbocycles. The predicted molar refractivity (Wildman–Crippen MR) is 131 cm³/mol. The van der Waals surface area contributed by atoms with Crippen molar-refractivity contribution in [1.82, 2.24) is 20.0 Å². The van der Waals surface area contributed by atoms with Crippen molar-refractivity contribution in [3.63, 3.8) is 0 Å². The van der Waals surface area contributed by atoms with E-state index in [4.69, 9.17) is 9.47 Å². The van der Waals surface area contributed by atoms with Crippen LogP contribution in [0.5, 0.6) is 11.5 Å². The molecule has 1 saturated carbocycles. The molecule has 8 heteroatoms. The monoisotopic (exact) mass is 482 g/mol. The summed E-state index contributed by atoms with van der Waals surface area (Å²) >= 11 is 0. The van der Waals surface area contributed by atoms with Crippen molar-refractivity contribution in [2.24, 2.45) is 0 Å². The minimum atomic E-state index is -1.08. The highest BCUT2D eigenvalue weighted by Crippen LogP contribution is 2.47. The smallest absolute Gasteiger partial charge is 0.127 e. The van der Waals surface area contributed by atoms with Crippen molar-refractivity contribution < 1.29 is 18.3 Å². The van der Waals surface area contributed by atoms with Crippen molar-refractivity contribution in [3.8, 4) is 11.5 Å². The molecule has 35 heavy (non-hydrogen) atoms. The average molecular weight is 483 g/mol. The number of hydrogen-bond acceptors (Lipinski definition) is 5. The van der Waals surface area contributed by atoms with E-state index in [0.717, 1.165) is 60.6 Å². The summed E-state index contributed by atoms with van der Waals surface area (Å²) in [4.78, 5) is 4.47. The number of ether oxygens (including phenoxy) is 2. The highest BCUT2D eigenvalue weighted by Gasteiger charge is 2.47. The first-order chi connectivity index (χ1) is 17.1. The lowest BCUT2D eigenvalue weighted by molar-refractivity contribution is 0.0183. The lowest BCUT2D eigenvalue weighted by Gasteiger charge is -2.40. The van der Waals surface area contributed by atoms with Crippen LogP contribution in [-0.4, -0.2) is 78.3 Å². The van der Waals surface area contributed by atoms with E-state index in [1.165, 1.54) is 11.1 Å². The summed E-state index contributed by atoms with van der Waals surface area (Å²) in [5.41, 5.74) is 3.42. The number of rotatable bonds is 9. The Balaban J connectivity index is 1.30. The molecule has 2 fully saturated rings. The second-order valence-corrected chi connectivity index (χ2v) is 10.2.